The quantitative estimate of drug-likeness (QED) is 0.462. The summed E-state index contributed by atoms with van der Waals surface area (Å²) in [4.78, 5) is 24.2. The van der Waals surface area contributed by atoms with Crippen molar-refractivity contribution in [2.75, 3.05) is 7.11 Å². The van der Waals surface area contributed by atoms with E-state index in [0.29, 0.717) is 23.7 Å². The van der Waals surface area contributed by atoms with Crippen molar-refractivity contribution in [1.29, 1.82) is 0 Å². The van der Waals surface area contributed by atoms with Gasteiger partial charge in [0.25, 0.3) is 11.8 Å². The van der Waals surface area contributed by atoms with Gasteiger partial charge in [-0.2, -0.15) is 0 Å². The molecule has 1 fully saturated rings. The van der Waals surface area contributed by atoms with Crippen LogP contribution in [0.2, 0.25) is 0 Å². The Morgan fingerprint density at radius 2 is 1.71 bits per heavy atom. The first-order valence-electron chi connectivity index (χ1n) is 8.62. The first-order valence-corrected chi connectivity index (χ1v) is 9.03. The molecule has 1 heterocycles. The lowest BCUT2D eigenvalue weighted by atomic mass is 10.1. The van der Waals surface area contributed by atoms with Gasteiger partial charge < -0.3 is 9.47 Å². The SMILES string of the molecule is COc1ccc(C=C2C(=O)NC(=S)NC2=O)c(OCc2ccc(C)c(C)c2)c1. The molecule has 0 unspecified atom stereocenters. The predicted octanol–water partition coefficient (Wildman–Crippen LogP) is 2.81. The minimum Gasteiger partial charge on any atom is -0.497 e. The fourth-order valence-electron chi connectivity index (χ4n) is 2.70. The van der Waals surface area contributed by atoms with Crippen LogP contribution < -0.4 is 20.1 Å². The summed E-state index contributed by atoms with van der Waals surface area (Å²) in [7, 11) is 1.56. The summed E-state index contributed by atoms with van der Waals surface area (Å²) in [6.45, 7) is 4.44. The number of nitrogens with one attached hydrogen (secondary N) is 2. The highest BCUT2D eigenvalue weighted by Crippen LogP contribution is 2.28. The molecule has 7 heteroatoms. The first-order chi connectivity index (χ1) is 13.4. The van der Waals surface area contributed by atoms with Crippen molar-refractivity contribution in [3.05, 3.63) is 64.2 Å². The number of carbonyl (C=O) groups is 2. The zero-order valence-corrected chi connectivity index (χ0v) is 16.6. The average Bonchev–Trinajstić information content (AvgIpc) is 2.66. The summed E-state index contributed by atoms with van der Waals surface area (Å²) in [5, 5.41) is 4.83. The van der Waals surface area contributed by atoms with Crippen LogP contribution in [0.3, 0.4) is 0 Å². The number of carbonyl (C=O) groups excluding carboxylic acids is 2. The second kappa shape index (κ2) is 8.22. The Morgan fingerprint density at radius 1 is 1.00 bits per heavy atom. The molecule has 0 aromatic heterocycles. The van der Waals surface area contributed by atoms with E-state index >= 15 is 0 Å². The Hall–Kier alpha value is -3.19. The van der Waals surface area contributed by atoms with Gasteiger partial charge in [-0.05, 0) is 61.0 Å². The maximum absolute atomic E-state index is 12.1. The molecule has 1 saturated heterocycles. The molecule has 3 rings (SSSR count). The van der Waals surface area contributed by atoms with E-state index in [4.69, 9.17) is 21.7 Å². The van der Waals surface area contributed by atoms with Crippen LogP contribution in [0.4, 0.5) is 0 Å². The van der Waals surface area contributed by atoms with Gasteiger partial charge in [0.05, 0.1) is 7.11 Å². The van der Waals surface area contributed by atoms with Crippen LogP contribution in [-0.4, -0.2) is 24.0 Å². The number of hydrogen-bond acceptors (Lipinski definition) is 5. The van der Waals surface area contributed by atoms with Crippen LogP contribution in [0, 0.1) is 13.8 Å². The fraction of sp³-hybridized carbons (Fsp3) is 0.190. The van der Waals surface area contributed by atoms with Gasteiger partial charge in [0, 0.05) is 11.6 Å². The van der Waals surface area contributed by atoms with E-state index in [1.54, 1.807) is 25.3 Å². The third-order valence-corrected chi connectivity index (χ3v) is 4.63. The smallest absolute Gasteiger partial charge is 0.263 e. The molecule has 28 heavy (non-hydrogen) atoms. The largest absolute Gasteiger partial charge is 0.497 e. The maximum atomic E-state index is 12.1. The number of ether oxygens (including phenoxy) is 2. The molecular formula is C21H20N2O4S. The molecule has 0 bridgehead atoms. The molecule has 2 aromatic rings. The molecule has 2 amide bonds. The third kappa shape index (κ3) is 4.37. The summed E-state index contributed by atoms with van der Waals surface area (Å²) < 4.78 is 11.2. The molecule has 0 saturated carbocycles. The maximum Gasteiger partial charge on any atom is 0.263 e. The van der Waals surface area contributed by atoms with Gasteiger partial charge >= 0.3 is 0 Å². The third-order valence-electron chi connectivity index (χ3n) is 4.43. The van der Waals surface area contributed by atoms with Crippen molar-refractivity contribution < 1.29 is 19.1 Å². The normalized spacial score (nSPS) is 13.7. The highest BCUT2D eigenvalue weighted by molar-refractivity contribution is 7.80. The molecule has 0 aliphatic carbocycles. The summed E-state index contributed by atoms with van der Waals surface area (Å²) in [5.74, 6) is 0.00384. The van der Waals surface area contributed by atoms with E-state index in [9.17, 15) is 9.59 Å². The number of hydrogen-bond donors (Lipinski definition) is 2. The molecule has 6 nitrogen and oxygen atoms in total. The van der Waals surface area contributed by atoms with Gasteiger partial charge in [-0.15, -0.1) is 0 Å². The number of rotatable bonds is 5. The Balaban J connectivity index is 1.90. The number of amides is 2. The van der Waals surface area contributed by atoms with Crippen molar-refractivity contribution in [2.45, 2.75) is 20.5 Å². The van der Waals surface area contributed by atoms with E-state index in [2.05, 4.69) is 23.6 Å². The Kier molecular flexibility index (Phi) is 5.75. The Morgan fingerprint density at radius 3 is 2.36 bits per heavy atom. The van der Waals surface area contributed by atoms with Crippen LogP contribution >= 0.6 is 12.2 Å². The van der Waals surface area contributed by atoms with Gasteiger partial charge in [-0.3, -0.25) is 20.2 Å². The molecule has 2 aromatic carbocycles. The van der Waals surface area contributed by atoms with Crippen LogP contribution in [0.15, 0.2) is 42.0 Å². The highest BCUT2D eigenvalue weighted by Gasteiger charge is 2.26. The average molecular weight is 396 g/mol. The summed E-state index contributed by atoms with van der Waals surface area (Å²) in [5.41, 5.74) is 3.94. The Bertz CT molecular complexity index is 976. The van der Waals surface area contributed by atoms with E-state index in [0.717, 1.165) is 5.56 Å². The van der Waals surface area contributed by atoms with Crippen LogP contribution in [0.5, 0.6) is 11.5 Å². The van der Waals surface area contributed by atoms with Crippen molar-refractivity contribution in [1.82, 2.24) is 10.6 Å². The fourth-order valence-corrected chi connectivity index (χ4v) is 2.89. The molecule has 2 N–H and O–H groups in total. The van der Waals surface area contributed by atoms with E-state index < -0.39 is 11.8 Å². The van der Waals surface area contributed by atoms with E-state index in [-0.39, 0.29) is 10.7 Å². The van der Waals surface area contributed by atoms with Crippen molar-refractivity contribution in [3.8, 4) is 11.5 Å². The van der Waals surface area contributed by atoms with Crippen molar-refractivity contribution in [2.24, 2.45) is 0 Å². The van der Waals surface area contributed by atoms with Crippen LogP contribution in [0.25, 0.3) is 6.08 Å². The summed E-state index contributed by atoms with van der Waals surface area (Å²) >= 11 is 4.82. The monoisotopic (exact) mass is 396 g/mol. The minimum absolute atomic E-state index is 0.00639. The molecule has 0 atom stereocenters. The summed E-state index contributed by atoms with van der Waals surface area (Å²) in [6.07, 6.45) is 1.47. The van der Waals surface area contributed by atoms with Crippen LogP contribution in [-0.2, 0) is 16.2 Å². The molecular weight excluding hydrogens is 376 g/mol. The van der Waals surface area contributed by atoms with E-state index in [1.165, 1.54) is 17.2 Å². The van der Waals surface area contributed by atoms with Crippen molar-refractivity contribution >= 4 is 35.2 Å². The molecule has 0 radical (unpaired) electrons. The van der Waals surface area contributed by atoms with E-state index in [1.807, 2.05) is 19.1 Å². The molecule has 144 valence electrons. The highest BCUT2D eigenvalue weighted by atomic mass is 32.1. The molecule has 1 aliphatic heterocycles. The van der Waals surface area contributed by atoms with Gasteiger partial charge in [0.1, 0.15) is 23.7 Å². The topological polar surface area (TPSA) is 76.7 Å². The lowest BCUT2D eigenvalue weighted by Gasteiger charge is -2.17. The van der Waals surface area contributed by atoms with Gasteiger partial charge in [0.15, 0.2) is 5.11 Å². The van der Waals surface area contributed by atoms with Gasteiger partial charge in [-0.25, -0.2) is 0 Å². The van der Waals surface area contributed by atoms with Gasteiger partial charge in [0.2, 0.25) is 0 Å². The minimum atomic E-state index is -0.551. The second-order valence-corrected chi connectivity index (χ2v) is 6.81. The van der Waals surface area contributed by atoms with Crippen LogP contribution in [0.1, 0.15) is 22.3 Å². The zero-order chi connectivity index (χ0) is 20.3. The first kappa shape index (κ1) is 19.6. The number of methoxy groups -OCH3 is 1. The predicted molar refractivity (Wildman–Crippen MR) is 110 cm³/mol. The lowest BCUT2D eigenvalue weighted by Crippen LogP contribution is -2.51. The Labute approximate surface area is 168 Å². The molecule has 0 spiro atoms. The molecule has 1 aliphatic rings. The lowest BCUT2D eigenvalue weighted by molar-refractivity contribution is -0.123. The summed E-state index contributed by atoms with van der Waals surface area (Å²) in [6, 6.07) is 11.3. The number of benzene rings is 2. The second-order valence-electron chi connectivity index (χ2n) is 6.41. The van der Waals surface area contributed by atoms with Crippen molar-refractivity contribution in [3.63, 3.8) is 0 Å². The number of thiocarbonyl (C=S) groups is 1. The zero-order valence-electron chi connectivity index (χ0n) is 15.8. The number of aryl methyl sites for hydroxylation is 2. The van der Waals surface area contributed by atoms with Gasteiger partial charge in [-0.1, -0.05) is 18.2 Å². The standard InChI is InChI=1S/C21H20N2O4S/c1-12-4-5-14(8-13(12)2)11-27-18-10-16(26-3)7-6-15(18)9-17-19(24)22-21(28)23-20(17)25/h4-10H,11H2,1-3H3,(H2,22,23,24,25,28).